The number of benzene rings is 5. The molecule has 7 rings (SSSR count). The van der Waals surface area contributed by atoms with Crippen LogP contribution in [0.3, 0.4) is 0 Å². The number of fused-ring (bicyclic) bond motifs is 3. The van der Waals surface area contributed by atoms with Crippen molar-refractivity contribution in [3.05, 3.63) is 143 Å². The molecule has 0 spiro atoms. The number of rotatable bonds is 3. The Bertz CT molecular complexity index is 2060. The first-order chi connectivity index (χ1) is 21.6. The molecule has 0 saturated heterocycles. The smallest absolute Gasteiger partial charge is 0.165 e. The third kappa shape index (κ3) is 7.46. The average Bonchev–Trinajstić information content (AvgIpc) is 3.62. The second kappa shape index (κ2) is 15.5. The van der Waals surface area contributed by atoms with Gasteiger partial charge in [-0.15, -0.1) is 68.6 Å². The Balaban J connectivity index is 0.000000189. The topological polar surface area (TPSA) is 0 Å². The molecule has 7 aromatic carbocycles. The van der Waals surface area contributed by atoms with Gasteiger partial charge in [0.05, 0.1) is 0 Å². The van der Waals surface area contributed by atoms with Crippen LogP contribution in [0.1, 0.15) is 53.1 Å². The second-order valence-electron chi connectivity index (χ2n) is 12.8. The zero-order valence-corrected chi connectivity index (χ0v) is 32.4. The van der Waals surface area contributed by atoms with Crippen LogP contribution in [0.25, 0.3) is 54.6 Å². The van der Waals surface area contributed by atoms with Gasteiger partial charge in [0.1, 0.15) is 0 Å². The van der Waals surface area contributed by atoms with Gasteiger partial charge in [-0.2, -0.15) is 12.1 Å². The van der Waals surface area contributed by atoms with E-state index in [9.17, 15) is 0 Å². The zero-order chi connectivity index (χ0) is 32.2. The van der Waals surface area contributed by atoms with Gasteiger partial charge in [-0.25, -0.2) is 0 Å². The van der Waals surface area contributed by atoms with Gasteiger partial charge < -0.3 is 0 Å². The van der Waals surface area contributed by atoms with Crippen LogP contribution >= 0.6 is 0 Å². The number of aryl methyl sites for hydroxylation is 5. The van der Waals surface area contributed by atoms with E-state index < -0.39 is 0 Å². The largest absolute Gasteiger partial charge is 2.00 e. The van der Waals surface area contributed by atoms with Crippen molar-refractivity contribution < 1.29 is 26.2 Å². The van der Waals surface area contributed by atoms with Crippen molar-refractivity contribution in [2.45, 2.75) is 67.5 Å². The Morgan fingerprint density at radius 1 is 0.565 bits per heavy atom. The van der Waals surface area contributed by atoms with Crippen molar-refractivity contribution in [3.8, 4) is 22.3 Å². The Kier molecular flexibility index (Phi) is 12.0. The maximum Gasteiger partial charge on any atom is 2.00 e. The summed E-state index contributed by atoms with van der Waals surface area (Å²) < 4.78 is 0. The molecule has 0 aromatic heterocycles. The van der Waals surface area contributed by atoms with E-state index in [-0.39, 0.29) is 26.2 Å². The van der Waals surface area contributed by atoms with E-state index >= 15 is 0 Å². The summed E-state index contributed by atoms with van der Waals surface area (Å²) in [7, 11) is 1.08. The predicted molar refractivity (Wildman–Crippen MR) is 203 cm³/mol. The van der Waals surface area contributed by atoms with Gasteiger partial charge in [0.15, 0.2) is 0 Å². The quantitative estimate of drug-likeness (QED) is 0.128. The van der Waals surface area contributed by atoms with E-state index in [1.54, 1.807) is 0 Å². The van der Waals surface area contributed by atoms with Crippen LogP contribution in [0, 0.1) is 34.6 Å². The molecule has 0 amide bonds. The Hall–Kier alpha value is -3.32. The summed E-state index contributed by atoms with van der Waals surface area (Å²) in [6, 6.07) is 40.2. The molecule has 0 aliphatic carbocycles. The van der Waals surface area contributed by atoms with Gasteiger partial charge >= 0.3 is 26.2 Å². The average molecular weight is 694 g/mol. The zero-order valence-electron chi connectivity index (χ0n) is 29.0. The van der Waals surface area contributed by atoms with Crippen molar-refractivity contribution in [2.75, 3.05) is 0 Å². The van der Waals surface area contributed by atoms with E-state index in [4.69, 9.17) is 0 Å². The van der Waals surface area contributed by atoms with Crippen molar-refractivity contribution >= 4 is 41.8 Å². The Labute approximate surface area is 298 Å². The molecule has 0 aliphatic rings. The normalized spacial score (nSPS) is 10.8. The van der Waals surface area contributed by atoms with Crippen LogP contribution in [0.4, 0.5) is 0 Å². The van der Waals surface area contributed by atoms with E-state index in [1.807, 2.05) is 0 Å². The monoisotopic (exact) mass is 692 g/mol. The molecule has 0 saturated carbocycles. The van der Waals surface area contributed by atoms with Crippen molar-refractivity contribution in [3.63, 3.8) is 0 Å². The summed E-state index contributed by atoms with van der Waals surface area (Å²) in [4.78, 5) is 0. The maximum absolute atomic E-state index is 2.37. The first kappa shape index (κ1) is 35.5. The molecule has 0 fully saturated rings. The molecule has 0 N–H and O–H groups in total. The summed E-state index contributed by atoms with van der Waals surface area (Å²) in [5.74, 6) is 0.575. The van der Waals surface area contributed by atoms with Crippen LogP contribution in [0.5, 0.6) is 0 Å². The van der Waals surface area contributed by atoms with E-state index in [0.717, 1.165) is 9.52 Å². The molecular formula is C44H46SiZr. The van der Waals surface area contributed by atoms with E-state index in [2.05, 4.69) is 171 Å². The van der Waals surface area contributed by atoms with Crippen molar-refractivity contribution in [1.29, 1.82) is 0 Å². The third-order valence-corrected chi connectivity index (χ3v) is 8.72. The molecule has 0 unspecified atom stereocenters. The summed E-state index contributed by atoms with van der Waals surface area (Å²) >= 11 is 0. The SMILES string of the molecule is C[Si]C.Cc1cc(C)c(-c2cccc3[cH-]c(C(C)C)cc23)c(C)c1.Cc1cc2c(-c3cccc4ccccc34)ccc(C)c2[cH-]1.[Zr+2]. The van der Waals surface area contributed by atoms with Gasteiger partial charge in [0.2, 0.25) is 0 Å². The fourth-order valence-corrected chi connectivity index (χ4v) is 6.70. The van der Waals surface area contributed by atoms with Gasteiger partial charge in [-0.3, -0.25) is 0 Å². The van der Waals surface area contributed by atoms with E-state index in [1.165, 1.54) is 88.0 Å². The number of hydrogen-bond donors (Lipinski definition) is 0. The molecule has 0 bridgehead atoms. The molecule has 46 heavy (non-hydrogen) atoms. The van der Waals surface area contributed by atoms with Gasteiger partial charge in [-0.1, -0.05) is 124 Å². The van der Waals surface area contributed by atoms with Crippen molar-refractivity contribution in [2.24, 2.45) is 0 Å². The van der Waals surface area contributed by atoms with Crippen LogP contribution in [0.2, 0.25) is 13.1 Å². The molecule has 2 heteroatoms. The van der Waals surface area contributed by atoms with Gasteiger partial charge in [0, 0.05) is 9.52 Å². The van der Waals surface area contributed by atoms with Crippen LogP contribution in [-0.4, -0.2) is 9.52 Å². The van der Waals surface area contributed by atoms with Gasteiger partial charge in [0.25, 0.3) is 0 Å². The fraction of sp³-hybridized carbons (Fsp3) is 0.227. The summed E-state index contributed by atoms with van der Waals surface area (Å²) in [5, 5.41) is 8.10. The van der Waals surface area contributed by atoms with Crippen LogP contribution in [-0.2, 0) is 26.2 Å². The van der Waals surface area contributed by atoms with Crippen molar-refractivity contribution in [1.82, 2.24) is 0 Å². The van der Waals surface area contributed by atoms with Gasteiger partial charge in [-0.05, 0) is 59.7 Å². The molecule has 0 heterocycles. The first-order valence-electron chi connectivity index (χ1n) is 16.1. The molecule has 0 nitrogen and oxygen atoms in total. The Morgan fingerprint density at radius 2 is 1.17 bits per heavy atom. The van der Waals surface area contributed by atoms with Crippen LogP contribution < -0.4 is 0 Å². The van der Waals surface area contributed by atoms with E-state index in [0.29, 0.717) is 5.92 Å². The molecule has 7 aromatic rings. The maximum atomic E-state index is 2.37. The summed E-state index contributed by atoms with van der Waals surface area (Å²) in [6.45, 7) is 19.8. The molecule has 0 aliphatic heterocycles. The molecular weight excluding hydrogens is 648 g/mol. The summed E-state index contributed by atoms with van der Waals surface area (Å²) in [6.07, 6.45) is 0. The minimum absolute atomic E-state index is 0. The molecule has 0 atom stereocenters. The first-order valence-corrected chi connectivity index (χ1v) is 18.1. The van der Waals surface area contributed by atoms with Crippen LogP contribution in [0.15, 0.2) is 109 Å². The summed E-state index contributed by atoms with van der Waals surface area (Å²) in [5.41, 5.74) is 13.6. The second-order valence-corrected chi connectivity index (χ2v) is 13.8. The standard InChI is InChI=1S/C21H17.C21H23.C2H6Si.Zr/c1-14-12-20-15(2)10-11-19(21(20)13-14)18-9-5-7-16-6-3-4-8-17(16)18;1-13(2)18-11-17-7-6-8-19(20(17)12-18)21-15(4)9-14(3)10-16(21)5;1-3-2;/h3-13H,1-2H3;6-13H,1-5H3;1-2H3;/q2*-1;;+2. The predicted octanol–water partition coefficient (Wildman–Crippen LogP) is 13.1. The third-order valence-electron chi connectivity index (χ3n) is 8.72. The minimum Gasteiger partial charge on any atom is -0.165 e. The molecule has 230 valence electrons. The Morgan fingerprint density at radius 3 is 1.87 bits per heavy atom. The number of hydrogen-bond acceptors (Lipinski definition) is 0. The minimum atomic E-state index is 0. The molecule has 2 radical (unpaired) electrons. The fourth-order valence-electron chi connectivity index (χ4n) is 6.70.